The summed E-state index contributed by atoms with van der Waals surface area (Å²) in [5.41, 5.74) is 1.09. The molecule has 0 aliphatic carbocycles. The Morgan fingerprint density at radius 1 is 1.69 bits per heavy atom. The second-order valence-corrected chi connectivity index (χ2v) is 3.29. The summed E-state index contributed by atoms with van der Waals surface area (Å²) in [4.78, 5) is 10.6. The van der Waals surface area contributed by atoms with Crippen molar-refractivity contribution in [2.75, 3.05) is 0 Å². The van der Waals surface area contributed by atoms with E-state index < -0.39 is 5.97 Å². The fourth-order valence-corrected chi connectivity index (χ4v) is 1.11. The summed E-state index contributed by atoms with van der Waals surface area (Å²) in [6.45, 7) is 5.70. The second kappa shape index (κ2) is 6.30. The molecular weight excluding hydrogens is 164 g/mol. The predicted octanol–water partition coefficient (Wildman–Crippen LogP) is 2.46. The van der Waals surface area contributed by atoms with E-state index in [9.17, 15) is 4.79 Å². The lowest BCUT2D eigenvalue weighted by atomic mass is 9.98. The van der Waals surface area contributed by atoms with Gasteiger partial charge < -0.3 is 5.11 Å². The topological polar surface area (TPSA) is 37.3 Å². The minimum absolute atomic E-state index is 0.325. The smallest absolute Gasteiger partial charge is 0.307 e. The standard InChI is InChI=1S/C11H16O2/c1-4-6-10(11(12)13)8-5-7-9(2)3/h1,10H,2,5-8H2,3H3,(H,12,13). The molecule has 1 N–H and O–H groups in total. The molecule has 2 heteroatoms. The van der Waals surface area contributed by atoms with Crippen LogP contribution in [0, 0.1) is 18.3 Å². The number of aliphatic carboxylic acids is 1. The number of carboxylic acid groups (broad SMARTS) is 1. The first-order valence-electron chi connectivity index (χ1n) is 4.38. The van der Waals surface area contributed by atoms with Crippen molar-refractivity contribution >= 4 is 5.97 Å². The maximum absolute atomic E-state index is 10.6. The van der Waals surface area contributed by atoms with Gasteiger partial charge in [-0.05, 0) is 26.2 Å². The number of allylic oxidation sites excluding steroid dienone is 1. The fraction of sp³-hybridized carbons (Fsp3) is 0.545. The second-order valence-electron chi connectivity index (χ2n) is 3.29. The average Bonchev–Trinajstić information content (AvgIpc) is 2.02. The van der Waals surface area contributed by atoms with Crippen molar-refractivity contribution in [3.63, 3.8) is 0 Å². The van der Waals surface area contributed by atoms with Crippen LogP contribution in [0.1, 0.15) is 32.6 Å². The van der Waals surface area contributed by atoms with Gasteiger partial charge in [0.15, 0.2) is 0 Å². The minimum atomic E-state index is -0.792. The van der Waals surface area contributed by atoms with Crippen LogP contribution in [0.2, 0.25) is 0 Å². The van der Waals surface area contributed by atoms with Gasteiger partial charge in [-0.2, -0.15) is 0 Å². The number of carboxylic acids is 1. The number of hydrogen-bond acceptors (Lipinski definition) is 1. The molecule has 0 aliphatic heterocycles. The first-order valence-corrected chi connectivity index (χ1v) is 4.38. The lowest BCUT2D eigenvalue weighted by Crippen LogP contribution is -2.12. The van der Waals surface area contributed by atoms with E-state index in [0.717, 1.165) is 18.4 Å². The van der Waals surface area contributed by atoms with Gasteiger partial charge in [0.2, 0.25) is 0 Å². The zero-order chi connectivity index (χ0) is 10.3. The summed E-state index contributed by atoms with van der Waals surface area (Å²) in [6, 6.07) is 0. The first-order chi connectivity index (χ1) is 6.07. The molecule has 0 bridgehead atoms. The van der Waals surface area contributed by atoms with E-state index in [1.807, 2.05) is 6.92 Å². The fourth-order valence-electron chi connectivity index (χ4n) is 1.11. The van der Waals surface area contributed by atoms with E-state index in [2.05, 4.69) is 12.5 Å². The summed E-state index contributed by atoms with van der Waals surface area (Å²) in [5.74, 6) is 1.21. The molecule has 0 aromatic carbocycles. The number of carbonyl (C=O) groups is 1. The normalized spacial score (nSPS) is 11.7. The van der Waals surface area contributed by atoms with Crippen LogP contribution >= 0.6 is 0 Å². The third-order valence-electron chi connectivity index (χ3n) is 1.87. The van der Waals surface area contributed by atoms with Gasteiger partial charge in [-0.3, -0.25) is 4.79 Å². The zero-order valence-corrected chi connectivity index (χ0v) is 8.05. The van der Waals surface area contributed by atoms with Gasteiger partial charge in [0.05, 0.1) is 5.92 Å². The average molecular weight is 180 g/mol. The van der Waals surface area contributed by atoms with Crippen LogP contribution in [0.25, 0.3) is 0 Å². The Labute approximate surface area is 79.7 Å². The maximum Gasteiger partial charge on any atom is 0.307 e. The summed E-state index contributed by atoms with van der Waals surface area (Å²) in [6.07, 6.45) is 7.78. The van der Waals surface area contributed by atoms with E-state index in [0.29, 0.717) is 12.8 Å². The van der Waals surface area contributed by atoms with Gasteiger partial charge >= 0.3 is 5.97 Å². The van der Waals surface area contributed by atoms with E-state index in [-0.39, 0.29) is 5.92 Å². The molecule has 0 heterocycles. The van der Waals surface area contributed by atoms with Crippen LogP contribution in [0.5, 0.6) is 0 Å². The van der Waals surface area contributed by atoms with Crippen molar-refractivity contribution in [2.24, 2.45) is 5.92 Å². The largest absolute Gasteiger partial charge is 0.481 e. The third kappa shape index (κ3) is 5.98. The van der Waals surface area contributed by atoms with Crippen LogP contribution in [0.4, 0.5) is 0 Å². The number of rotatable bonds is 6. The van der Waals surface area contributed by atoms with Crippen LogP contribution in [-0.4, -0.2) is 11.1 Å². The third-order valence-corrected chi connectivity index (χ3v) is 1.87. The highest BCUT2D eigenvalue weighted by Crippen LogP contribution is 2.14. The molecule has 1 unspecified atom stereocenters. The van der Waals surface area contributed by atoms with Crippen LogP contribution in [0.3, 0.4) is 0 Å². The van der Waals surface area contributed by atoms with E-state index in [1.54, 1.807) is 0 Å². The Morgan fingerprint density at radius 3 is 2.69 bits per heavy atom. The molecule has 0 aromatic rings. The molecule has 0 rings (SSSR count). The summed E-state index contributed by atoms with van der Waals surface area (Å²) < 4.78 is 0. The summed E-state index contributed by atoms with van der Waals surface area (Å²) in [7, 11) is 0. The van der Waals surface area contributed by atoms with Gasteiger partial charge in [-0.15, -0.1) is 18.9 Å². The Bertz CT molecular complexity index is 223. The summed E-state index contributed by atoms with van der Waals surface area (Å²) >= 11 is 0. The van der Waals surface area contributed by atoms with Crippen LogP contribution in [0.15, 0.2) is 12.2 Å². The minimum Gasteiger partial charge on any atom is -0.481 e. The molecule has 0 saturated carbocycles. The SMILES string of the molecule is C#CCC(CCCC(=C)C)C(=O)O. The Hall–Kier alpha value is -1.23. The molecule has 0 fully saturated rings. The van der Waals surface area contributed by atoms with Crippen molar-refractivity contribution in [3.8, 4) is 12.3 Å². The van der Waals surface area contributed by atoms with E-state index >= 15 is 0 Å². The molecule has 0 radical (unpaired) electrons. The quantitative estimate of drug-likeness (QED) is 0.503. The summed E-state index contributed by atoms with van der Waals surface area (Å²) in [5, 5.41) is 8.75. The molecule has 0 aromatic heterocycles. The van der Waals surface area contributed by atoms with Gasteiger partial charge in [0, 0.05) is 6.42 Å². The molecule has 1 atom stereocenters. The number of terminal acetylenes is 1. The molecule has 2 nitrogen and oxygen atoms in total. The molecule has 0 saturated heterocycles. The maximum atomic E-state index is 10.6. The van der Waals surface area contributed by atoms with Crippen molar-refractivity contribution in [3.05, 3.63) is 12.2 Å². The highest BCUT2D eigenvalue weighted by atomic mass is 16.4. The van der Waals surface area contributed by atoms with Gasteiger partial charge in [-0.25, -0.2) is 0 Å². The van der Waals surface area contributed by atoms with Crippen molar-refractivity contribution in [2.45, 2.75) is 32.6 Å². The molecule has 72 valence electrons. The highest BCUT2D eigenvalue weighted by Gasteiger charge is 2.14. The van der Waals surface area contributed by atoms with E-state index in [1.165, 1.54) is 0 Å². The lowest BCUT2D eigenvalue weighted by molar-refractivity contribution is -0.141. The van der Waals surface area contributed by atoms with Gasteiger partial charge in [-0.1, -0.05) is 5.57 Å². The predicted molar refractivity (Wildman–Crippen MR) is 53.2 cm³/mol. The molecule has 0 spiro atoms. The van der Waals surface area contributed by atoms with E-state index in [4.69, 9.17) is 11.5 Å². The zero-order valence-electron chi connectivity index (χ0n) is 8.05. The van der Waals surface area contributed by atoms with Crippen LogP contribution < -0.4 is 0 Å². The molecule has 13 heavy (non-hydrogen) atoms. The Morgan fingerprint density at radius 2 is 2.31 bits per heavy atom. The Kier molecular flexibility index (Phi) is 5.71. The number of hydrogen-bond donors (Lipinski definition) is 1. The monoisotopic (exact) mass is 180 g/mol. The highest BCUT2D eigenvalue weighted by molar-refractivity contribution is 5.70. The van der Waals surface area contributed by atoms with Gasteiger partial charge in [0.25, 0.3) is 0 Å². The molecule has 0 aliphatic rings. The van der Waals surface area contributed by atoms with Gasteiger partial charge in [0.1, 0.15) is 0 Å². The van der Waals surface area contributed by atoms with Crippen molar-refractivity contribution < 1.29 is 9.90 Å². The molecule has 0 amide bonds. The van der Waals surface area contributed by atoms with Crippen molar-refractivity contribution in [1.29, 1.82) is 0 Å². The van der Waals surface area contributed by atoms with Crippen molar-refractivity contribution in [1.82, 2.24) is 0 Å². The molecular formula is C11H16O2. The Balaban J connectivity index is 3.77. The lowest BCUT2D eigenvalue weighted by Gasteiger charge is -2.07. The first kappa shape index (κ1) is 11.8. The van der Waals surface area contributed by atoms with Crippen LogP contribution in [-0.2, 0) is 4.79 Å².